The van der Waals surface area contributed by atoms with Gasteiger partial charge in [-0.3, -0.25) is 4.90 Å². The lowest BCUT2D eigenvalue weighted by Crippen LogP contribution is -2.48. The Morgan fingerprint density at radius 3 is 2.41 bits per heavy atom. The first-order valence-electron chi connectivity index (χ1n) is 8.95. The Morgan fingerprint density at radius 2 is 1.79 bits per heavy atom. The van der Waals surface area contributed by atoms with Crippen LogP contribution in [0.25, 0.3) is 6.08 Å². The molecular formula is C20H20ClFN2O4S. The van der Waals surface area contributed by atoms with Crippen LogP contribution in [-0.2, 0) is 10.0 Å². The van der Waals surface area contributed by atoms with E-state index in [-0.39, 0.29) is 18.1 Å². The van der Waals surface area contributed by atoms with Crippen molar-refractivity contribution in [1.29, 1.82) is 0 Å². The second-order valence-electron chi connectivity index (χ2n) is 6.59. The van der Waals surface area contributed by atoms with E-state index in [0.29, 0.717) is 19.6 Å². The molecule has 2 aromatic carbocycles. The number of benzene rings is 2. The molecule has 0 aromatic heterocycles. The number of hydrogen-bond donors (Lipinski definition) is 1. The average Bonchev–Trinajstić information content (AvgIpc) is 2.69. The standard InChI is InChI=1S/C20H20ClFN2O4S/c21-17-14-18(22)19(13-16(17)20(25)26)29(27,28)24-11-9-23(10-12-24)8-4-7-15-5-2-1-3-6-15/h1-7,13-14H,8-12H2,(H,25,26). The normalized spacial score (nSPS) is 16.3. The van der Waals surface area contributed by atoms with Crippen molar-refractivity contribution in [2.24, 2.45) is 0 Å². The summed E-state index contributed by atoms with van der Waals surface area (Å²) < 4.78 is 41.0. The maximum atomic E-state index is 14.2. The largest absolute Gasteiger partial charge is 0.478 e. The number of hydrogen-bond acceptors (Lipinski definition) is 4. The van der Waals surface area contributed by atoms with Crippen LogP contribution in [0, 0.1) is 5.82 Å². The molecule has 0 atom stereocenters. The van der Waals surface area contributed by atoms with Crippen LogP contribution in [-0.4, -0.2) is 61.4 Å². The van der Waals surface area contributed by atoms with E-state index in [4.69, 9.17) is 16.7 Å². The maximum absolute atomic E-state index is 14.2. The van der Waals surface area contributed by atoms with Gasteiger partial charge in [-0.1, -0.05) is 54.1 Å². The molecule has 6 nitrogen and oxygen atoms in total. The van der Waals surface area contributed by atoms with Crippen LogP contribution in [0.5, 0.6) is 0 Å². The third kappa shape index (κ3) is 5.02. The first kappa shape index (κ1) is 21.4. The monoisotopic (exact) mass is 438 g/mol. The van der Waals surface area contributed by atoms with Gasteiger partial charge in [0.1, 0.15) is 10.7 Å². The van der Waals surface area contributed by atoms with Gasteiger partial charge in [-0.25, -0.2) is 17.6 Å². The fraction of sp³-hybridized carbons (Fsp3) is 0.250. The topological polar surface area (TPSA) is 77.9 Å². The smallest absolute Gasteiger partial charge is 0.337 e. The van der Waals surface area contributed by atoms with E-state index in [2.05, 4.69) is 4.90 Å². The highest BCUT2D eigenvalue weighted by Crippen LogP contribution is 2.27. The third-order valence-corrected chi connectivity index (χ3v) is 6.90. The minimum Gasteiger partial charge on any atom is -0.478 e. The van der Waals surface area contributed by atoms with Crippen LogP contribution in [0.4, 0.5) is 4.39 Å². The molecule has 29 heavy (non-hydrogen) atoms. The van der Waals surface area contributed by atoms with E-state index < -0.39 is 32.3 Å². The van der Waals surface area contributed by atoms with Crippen LogP contribution >= 0.6 is 11.6 Å². The Hall–Kier alpha value is -2.26. The number of piperazine rings is 1. The Balaban J connectivity index is 1.66. The summed E-state index contributed by atoms with van der Waals surface area (Å²) in [5, 5.41) is 8.78. The van der Waals surface area contributed by atoms with Gasteiger partial charge < -0.3 is 5.11 Å². The highest BCUT2D eigenvalue weighted by atomic mass is 35.5. The zero-order valence-corrected chi connectivity index (χ0v) is 17.0. The third-order valence-electron chi connectivity index (χ3n) is 4.67. The number of carbonyl (C=O) groups is 1. The molecule has 1 aliphatic heterocycles. The van der Waals surface area contributed by atoms with Crippen molar-refractivity contribution in [1.82, 2.24) is 9.21 Å². The quantitative estimate of drug-likeness (QED) is 0.749. The first-order valence-corrected chi connectivity index (χ1v) is 10.8. The second kappa shape index (κ2) is 9.04. The molecule has 3 rings (SSSR count). The summed E-state index contributed by atoms with van der Waals surface area (Å²) in [6.07, 6.45) is 4.01. The highest BCUT2D eigenvalue weighted by Gasteiger charge is 2.31. The molecule has 154 valence electrons. The Bertz CT molecular complexity index is 1020. The van der Waals surface area contributed by atoms with E-state index in [1.165, 1.54) is 4.31 Å². The number of nitrogens with zero attached hydrogens (tertiary/aromatic N) is 2. The van der Waals surface area contributed by atoms with E-state index in [0.717, 1.165) is 17.7 Å². The molecule has 0 bridgehead atoms. The van der Waals surface area contributed by atoms with Gasteiger partial charge in [0, 0.05) is 32.7 Å². The van der Waals surface area contributed by atoms with Crippen LogP contribution < -0.4 is 0 Å². The van der Waals surface area contributed by atoms with E-state index in [1.807, 2.05) is 42.5 Å². The first-order chi connectivity index (χ1) is 13.8. The van der Waals surface area contributed by atoms with Gasteiger partial charge in [-0.05, 0) is 17.7 Å². The minimum absolute atomic E-state index is 0.186. The van der Waals surface area contributed by atoms with Crippen molar-refractivity contribution >= 4 is 33.7 Å². The van der Waals surface area contributed by atoms with Crippen LogP contribution in [0.1, 0.15) is 15.9 Å². The molecule has 0 radical (unpaired) electrons. The van der Waals surface area contributed by atoms with Crippen LogP contribution in [0.2, 0.25) is 5.02 Å². The Morgan fingerprint density at radius 1 is 1.14 bits per heavy atom. The molecule has 1 N–H and O–H groups in total. The summed E-state index contributed by atoms with van der Waals surface area (Å²) in [5.74, 6) is -2.48. The second-order valence-corrected chi connectivity index (χ2v) is 8.90. The van der Waals surface area contributed by atoms with Crippen molar-refractivity contribution in [3.63, 3.8) is 0 Å². The lowest BCUT2D eigenvalue weighted by atomic mass is 10.2. The van der Waals surface area contributed by atoms with Crippen molar-refractivity contribution in [3.8, 4) is 0 Å². The summed E-state index contributed by atoms with van der Waals surface area (Å²) >= 11 is 5.70. The molecule has 2 aromatic rings. The average molecular weight is 439 g/mol. The summed E-state index contributed by atoms with van der Waals surface area (Å²) in [6.45, 7) is 2.01. The van der Waals surface area contributed by atoms with E-state index in [1.54, 1.807) is 0 Å². The molecule has 0 aliphatic carbocycles. The fourth-order valence-electron chi connectivity index (χ4n) is 3.08. The summed E-state index contributed by atoms with van der Waals surface area (Å²) in [7, 11) is -4.16. The zero-order valence-electron chi connectivity index (χ0n) is 15.5. The molecule has 0 amide bonds. The van der Waals surface area contributed by atoms with Crippen LogP contribution in [0.15, 0.2) is 53.4 Å². The Kier molecular flexibility index (Phi) is 6.69. The molecule has 0 unspecified atom stereocenters. The number of rotatable bonds is 6. The van der Waals surface area contributed by atoms with Crippen molar-refractivity contribution in [2.75, 3.05) is 32.7 Å². The molecule has 1 heterocycles. The summed E-state index contributed by atoms with van der Waals surface area (Å²) in [6, 6.07) is 11.3. The predicted octanol–water partition coefficient (Wildman–Crippen LogP) is 3.20. The fourth-order valence-corrected chi connectivity index (χ4v) is 4.81. The van der Waals surface area contributed by atoms with Gasteiger partial charge >= 0.3 is 5.97 Å². The lowest BCUT2D eigenvalue weighted by Gasteiger charge is -2.33. The highest BCUT2D eigenvalue weighted by molar-refractivity contribution is 7.89. The number of carboxylic acid groups (broad SMARTS) is 1. The molecule has 0 spiro atoms. The van der Waals surface area contributed by atoms with Gasteiger partial charge in [-0.2, -0.15) is 4.31 Å². The van der Waals surface area contributed by atoms with Crippen molar-refractivity contribution in [2.45, 2.75) is 4.90 Å². The van der Waals surface area contributed by atoms with Crippen molar-refractivity contribution < 1.29 is 22.7 Å². The van der Waals surface area contributed by atoms with E-state index >= 15 is 0 Å². The SMILES string of the molecule is O=C(O)c1cc(S(=O)(=O)N2CCN(CC=Cc3ccccc3)CC2)c(F)cc1Cl. The molecule has 0 saturated carbocycles. The minimum atomic E-state index is -4.16. The van der Waals surface area contributed by atoms with Crippen molar-refractivity contribution in [3.05, 3.63) is 70.5 Å². The van der Waals surface area contributed by atoms with E-state index in [9.17, 15) is 17.6 Å². The summed E-state index contributed by atoms with van der Waals surface area (Å²) in [5.41, 5.74) is 0.637. The number of aromatic carboxylic acids is 1. The molecule has 1 aliphatic rings. The number of carboxylic acids is 1. The molecular weight excluding hydrogens is 419 g/mol. The molecule has 1 saturated heterocycles. The van der Waals surface area contributed by atoms with Gasteiger partial charge in [0.05, 0.1) is 10.6 Å². The van der Waals surface area contributed by atoms with Gasteiger partial charge in [-0.15, -0.1) is 0 Å². The number of halogens is 2. The van der Waals surface area contributed by atoms with Gasteiger partial charge in [0.25, 0.3) is 0 Å². The zero-order chi connectivity index (χ0) is 21.0. The number of sulfonamides is 1. The Labute approximate surface area is 173 Å². The maximum Gasteiger partial charge on any atom is 0.337 e. The van der Waals surface area contributed by atoms with Gasteiger partial charge in [0.2, 0.25) is 10.0 Å². The predicted molar refractivity (Wildman–Crippen MR) is 109 cm³/mol. The lowest BCUT2D eigenvalue weighted by molar-refractivity contribution is 0.0696. The molecule has 1 fully saturated rings. The van der Waals surface area contributed by atoms with Gasteiger partial charge in [0.15, 0.2) is 0 Å². The molecule has 9 heteroatoms. The summed E-state index contributed by atoms with van der Waals surface area (Å²) in [4.78, 5) is 12.6. The van der Waals surface area contributed by atoms with Crippen LogP contribution in [0.3, 0.4) is 0 Å².